The Morgan fingerprint density at radius 1 is 1.29 bits per heavy atom. The average Bonchev–Trinajstić information content (AvgIpc) is 2.42. The van der Waals surface area contributed by atoms with Gasteiger partial charge >= 0.3 is 0 Å². The SMILES string of the molecule is Cc1cc(CNc2c(Cl)cccc2[N+](=O)[O-])cc(C)c1F. The van der Waals surface area contributed by atoms with Gasteiger partial charge in [0, 0.05) is 12.6 Å². The van der Waals surface area contributed by atoms with Crippen molar-refractivity contribution in [1.29, 1.82) is 0 Å². The summed E-state index contributed by atoms with van der Waals surface area (Å²) in [7, 11) is 0. The predicted molar refractivity (Wildman–Crippen MR) is 81.3 cm³/mol. The zero-order chi connectivity index (χ0) is 15.6. The van der Waals surface area contributed by atoms with E-state index in [0.717, 1.165) is 5.56 Å². The first-order valence-corrected chi connectivity index (χ1v) is 6.70. The third kappa shape index (κ3) is 3.31. The van der Waals surface area contributed by atoms with Crippen molar-refractivity contribution in [2.24, 2.45) is 0 Å². The highest BCUT2D eigenvalue weighted by molar-refractivity contribution is 6.33. The second-order valence-corrected chi connectivity index (χ2v) is 5.20. The number of anilines is 1. The first-order valence-electron chi connectivity index (χ1n) is 6.32. The average molecular weight is 309 g/mol. The summed E-state index contributed by atoms with van der Waals surface area (Å²) in [4.78, 5) is 10.5. The van der Waals surface area contributed by atoms with Crippen molar-refractivity contribution in [1.82, 2.24) is 0 Å². The molecular formula is C15H14ClFN2O2. The van der Waals surface area contributed by atoms with Crippen molar-refractivity contribution in [3.8, 4) is 0 Å². The van der Waals surface area contributed by atoms with Crippen LogP contribution in [0.4, 0.5) is 15.8 Å². The Morgan fingerprint density at radius 3 is 2.48 bits per heavy atom. The molecule has 0 aromatic heterocycles. The van der Waals surface area contributed by atoms with E-state index in [-0.39, 0.29) is 22.2 Å². The zero-order valence-electron chi connectivity index (χ0n) is 11.6. The minimum atomic E-state index is -0.491. The van der Waals surface area contributed by atoms with Gasteiger partial charge in [0.2, 0.25) is 0 Å². The zero-order valence-corrected chi connectivity index (χ0v) is 12.4. The number of rotatable bonds is 4. The number of hydrogen-bond acceptors (Lipinski definition) is 3. The van der Waals surface area contributed by atoms with Crippen LogP contribution in [0.1, 0.15) is 16.7 Å². The lowest BCUT2D eigenvalue weighted by atomic mass is 10.1. The molecule has 0 amide bonds. The standard InChI is InChI=1S/C15H14ClFN2O2/c1-9-6-11(7-10(2)14(9)17)8-18-15-12(16)4-3-5-13(15)19(20)21/h3-7,18H,8H2,1-2H3. The molecule has 0 saturated heterocycles. The van der Waals surface area contributed by atoms with Gasteiger partial charge in [0.05, 0.1) is 9.95 Å². The number of aryl methyl sites for hydroxylation is 2. The number of nitro benzene ring substituents is 1. The van der Waals surface area contributed by atoms with Crippen LogP contribution in [-0.2, 0) is 6.54 Å². The summed E-state index contributed by atoms with van der Waals surface area (Å²) in [5.74, 6) is -0.234. The fourth-order valence-electron chi connectivity index (χ4n) is 2.17. The lowest BCUT2D eigenvalue weighted by molar-refractivity contribution is -0.383. The van der Waals surface area contributed by atoms with E-state index in [9.17, 15) is 14.5 Å². The normalized spacial score (nSPS) is 10.5. The molecule has 2 aromatic carbocycles. The number of nitrogens with zero attached hydrogens (tertiary/aromatic N) is 1. The van der Waals surface area contributed by atoms with Crippen LogP contribution in [0.3, 0.4) is 0 Å². The highest BCUT2D eigenvalue weighted by Crippen LogP contribution is 2.32. The minimum Gasteiger partial charge on any atom is -0.374 e. The maximum atomic E-state index is 13.6. The van der Waals surface area contributed by atoms with Gasteiger partial charge in [-0.05, 0) is 36.6 Å². The number of halogens is 2. The molecule has 2 aromatic rings. The maximum absolute atomic E-state index is 13.6. The number of para-hydroxylation sites is 1. The first-order chi connectivity index (χ1) is 9.90. The quantitative estimate of drug-likeness (QED) is 0.662. The topological polar surface area (TPSA) is 55.2 Å². The van der Waals surface area contributed by atoms with Gasteiger partial charge in [-0.25, -0.2) is 4.39 Å². The summed E-state index contributed by atoms with van der Waals surface area (Å²) in [6.45, 7) is 3.69. The van der Waals surface area contributed by atoms with Crippen LogP contribution in [-0.4, -0.2) is 4.92 Å². The molecule has 6 heteroatoms. The fraction of sp³-hybridized carbons (Fsp3) is 0.200. The Balaban J connectivity index is 2.27. The summed E-state index contributed by atoms with van der Waals surface area (Å²) < 4.78 is 13.6. The summed E-state index contributed by atoms with van der Waals surface area (Å²) in [5, 5.41) is 14.2. The largest absolute Gasteiger partial charge is 0.374 e. The molecule has 21 heavy (non-hydrogen) atoms. The van der Waals surface area contributed by atoms with Crippen LogP contribution in [0.15, 0.2) is 30.3 Å². The van der Waals surface area contributed by atoms with E-state index < -0.39 is 4.92 Å². The van der Waals surface area contributed by atoms with E-state index in [0.29, 0.717) is 17.7 Å². The van der Waals surface area contributed by atoms with Crippen molar-refractivity contribution >= 4 is 23.0 Å². The monoisotopic (exact) mass is 308 g/mol. The van der Waals surface area contributed by atoms with Crippen LogP contribution >= 0.6 is 11.6 Å². The second kappa shape index (κ2) is 6.10. The Labute approximate surface area is 126 Å². The Hall–Kier alpha value is -2.14. The Bertz CT molecular complexity index is 681. The molecule has 4 nitrogen and oxygen atoms in total. The molecule has 0 bridgehead atoms. The highest BCUT2D eigenvalue weighted by Gasteiger charge is 2.16. The molecule has 0 unspecified atom stereocenters. The summed E-state index contributed by atoms with van der Waals surface area (Å²) in [5.41, 5.74) is 2.10. The van der Waals surface area contributed by atoms with E-state index >= 15 is 0 Å². The fourth-order valence-corrected chi connectivity index (χ4v) is 2.40. The number of hydrogen-bond donors (Lipinski definition) is 1. The van der Waals surface area contributed by atoms with E-state index in [2.05, 4.69) is 5.32 Å². The van der Waals surface area contributed by atoms with E-state index in [1.807, 2.05) is 0 Å². The van der Waals surface area contributed by atoms with Crippen LogP contribution < -0.4 is 5.32 Å². The van der Waals surface area contributed by atoms with Crippen LogP contribution in [0.5, 0.6) is 0 Å². The molecule has 0 saturated carbocycles. The number of nitro groups is 1. The molecule has 0 fully saturated rings. The van der Waals surface area contributed by atoms with E-state index in [1.54, 1.807) is 32.0 Å². The van der Waals surface area contributed by atoms with Gasteiger partial charge in [-0.3, -0.25) is 10.1 Å². The Kier molecular flexibility index (Phi) is 4.43. The van der Waals surface area contributed by atoms with Crippen LogP contribution in [0, 0.1) is 29.8 Å². The van der Waals surface area contributed by atoms with Gasteiger partial charge < -0.3 is 5.32 Å². The Morgan fingerprint density at radius 2 is 1.90 bits per heavy atom. The molecule has 0 aliphatic carbocycles. The molecule has 1 N–H and O–H groups in total. The van der Waals surface area contributed by atoms with Crippen LogP contribution in [0.25, 0.3) is 0 Å². The maximum Gasteiger partial charge on any atom is 0.293 e. The van der Waals surface area contributed by atoms with Gasteiger partial charge in [-0.2, -0.15) is 0 Å². The van der Waals surface area contributed by atoms with Gasteiger partial charge in [0.15, 0.2) is 0 Å². The van der Waals surface area contributed by atoms with Crippen molar-refractivity contribution in [3.63, 3.8) is 0 Å². The first kappa shape index (κ1) is 15.3. The minimum absolute atomic E-state index is 0.0851. The van der Waals surface area contributed by atoms with Gasteiger partial charge in [0.1, 0.15) is 11.5 Å². The van der Waals surface area contributed by atoms with Crippen molar-refractivity contribution in [3.05, 3.63) is 68.0 Å². The number of benzene rings is 2. The third-order valence-electron chi connectivity index (χ3n) is 3.15. The van der Waals surface area contributed by atoms with Gasteiger partial charge in [0.25, 0.3) is 5.69 Å². The lowest BCUT2D eigenvalue weighted by Gasteiger charge is -2.11. The van der Waals surface area contributed by atoms with Crippen molar-refractivity contribution in [2.75, 3.05) is 5.32 Å². The molecule has 2 rings (SSSR count). The molecule has 110 valence electrons. The second-order valence-electron chi connectivity index (χ2n) is 4.79. The number of nitrogens with one attached hydrogen (secondary N) is 1. The van der Waals surface area contributed by atoms with E-state index in [4.69, 9.17) is 11.6 Å². The van der Waals surface area contributed by atoms with Crippen molar-refractivity contribution < 1.29 is 9.31 Å². The van der Waals surface area contributed by atoms with Crippen molar-refractivity contribution in [2.45, 2.75) is 20.4 Å². The van der Waals surface area contributed by atoms with Gasteiger partial charge in [-0.1, -0.05) is 29.8 Å². The lowest BCUT2D eigenvalue weighted by Crippen LogP contribution is -2.04. The summed E-state index contributed by atoms with van der Waals surface area (Å²) >= 11 is 6.00. The highest BCUT2D eigenvalue weighted by atomic mass is 35.5. The molecule has 0 radical (unpaired) electrons. The smallest absolute Gasteiger partial charge is 0.293 e. The molecule has 0 spiro atoms. The predicted octanol–water partition coefficient (Wildman–Crippen LogP) is 4.62. The van der Waals surface area contributed by atoms with Crippen LogP contribution in [0.2, 0.25) is 5.02 Å². The van der Waals surface area contributed by atoms with Gasteiger partial charge in [-0.15, -0.1) is 0 Å². The summed E-state index contributed by atoms with van der Waals surface area (Å²) in [6.07, 6.45) is 0. The van der Waals surface area contributed by atoms with E-state index in [1.165, 1.54) is 12.1 Å². The molecular weight excluding hydrogens is 295 g/mol. The molecule has 0 heterocycles. The molecule has 0 aliphatic heterocycles. The third-order valence-corrected chi connectivity index (χ3v) is 3.47. The molecule has 0 aliphatic rings. The summed E-state index contributed by atoms with van der Waals surface area (Å²) in [6, 6.07) is 7.90. The molecule has 0 atom stereocenters.